The van der Waals surface area contributed by atoms with E-state index in [1.54, 1.807) is 0 Å². The van der Waals surface area contributed by atoms with Crippen LogP contribution < -0.4 is 5.32 Å². The third-order valence-corrected chi connectivity index (χ3v) is 5.16. The summed E-state index contributed by atoms with van der Waals surface area (Å²) in [5, 5.41) is 3.22. The summed E-state index contributed by atoms with van der Waals surface area (Å²) < 4.78 is 0. The van der Waals surface area contributed by atoms with Crippen molar-refractivity contribution in [3.63, 3.8) is 0 Å². The van der Waals surface area contributed by atoms with Crippen molar-refractivity contribution in [1.82, 2.24) is 5.32 Å². The molecule has 1 aliphatic rings. The molecule has 1 aromatic rings. The molecule has 3 heteroatoms. The summed E-state index contributed by atoms with van der Waals surface area (Å²) in [6.07, 6.45) is 4.69. The molecule has 1 saturated carbocycles. The second-order valence-corrected chi connectivity index (χ2v) is 7.05. The van der Waals surface area contributed by atoms with Gasteiger partial charge in [-0.2, -0.15) is 0 Å². The molecule has 104 valence electrons. The molecule has 0 heterocycles. The van der Waals surface area contributed by atoms with Crippen molar-refractivity contribution in [2.75, 3.05) is 0 Å². The van der Waals surface area contributed by atoms with Gasteiger partial charge in [0.25, 0.3) is 0 Å². The maximum Gasteiger partial charge on any atom is 0.230 e. The molecular weight excluding hydrogens is 302 g/mol. The molecule has 2 unspecified atom stereocenters. The third-order valence-electron chi connectivity index (χ3n) is 4.06. The number of amides is 1. The van der Waals surface area contributed by atoms with Crippen LogP contribution in [0.4, 0.5) is 0 Å². The molecule has 19 heavy (non-hydrogen) atoms. The predicted molar refractivity (Wildman–Crippen MR) is 82.6 cm³/mol. The minimum absolute atomic E-state index is 0.120. The van der Waals surface area contributed by atoms with Gasteiger partial charge < -0.3 is 5.32 Å². The molecule has 1 aromatic carbocycles. The van der Waals surface area contributed by atoms with Gasteiger partial charge in [-0.15, -0.1) is 0 Å². The molecule has 0 aliphatic heterocycles. The average molecular weight is 324 g/mol. The first kappa shape index (κ1) is 14.6. The van der Waals surface area contributed by atoms with E-state index in [1.165, 1.54) is 12.8 Å². The first-order chi connectivity index (χ1) is 9.01. The minimum Gasteiger partial charge on any atom is -0.351 e. The van der Waals surface area contributed by atoms with Crippen molar-refractivity contribution in [3.05, 3.63) is 35.9 Å². The highest BCUT2D eigenvalue weighted by Gasteiger charge is 2.33. The Bertz CT molecular complexity index is 430. The molecule has 0 spiro atoms. The number of hydrogen-bond donors (Lipinski definition) is 1. The monoisotopic (exact) mass is 323 g/mol. The van der Waals surface area contributed by atoms with Crippen molar-refractivity contribution < 1.29 is 4.79 Å². The summed E-state index contributed by atoms with van der Waals surface area (Å²) in [5.41, 5.74) is 0.584. The number of halogens is 1. The van der Waals surface area contributed by atoms with Crippen LogP contribution in [-0.4, -0.2) is 16.8 Å². The van der Waals surface area contributed by atoms with Gasteiger partial charge in [-0.3, -0.25) is 4.79 Å². The summed E-state index contributed by atoms with van der Waals surface area (Å²) in [5.74, 6) is 0.120. The van der Waals surface area contributed by atoms with E-state index in [-0.39, 0.29) is 11.9 Å². The van der Waals surface area contributed by atoms with Crippen LogP contribution >= 0.6 is 15.9 Å². The SMILES string of the molecule is CC(C)(C(=O)NC1CCCCC1Br)c1ccccc1. The summed E-state index contributed by atoms with van der Waals surface area (Å²) in [7, 11) is 0. The molecule has 0 bridgehead atoms. The fraction of sp³-hybridized carbons (Fsp3) is 0.562. The Balaban J connectivity index is 2.06. The lowest BCUT2D eigenvalue weighted by Crippen LogP contribution is -2.49. The lowest BCUT2D eigenvalue weighted by atomic mass is 9.83. The smallest absolute Gasteiger partial charge is 0.230 e. The van der Waals surface area contributed by atoms with E-state index >= 15 is 0 Å². The van der Waals surface area contributed by atoms with Crippen LogP contribution in [0.2, 0.25) is 0 Å². The second kappa shape index (κ2) is 6.08. The van der Waals surface area contributed by atoms with Crippen LogP contribution in [0.5, 0.6) is 0 Å². The first-order valence-electron chi connectivity index (χ1n) is 7.02. The largest absolute Gasteiger partial charge is 0.351 e. The van der Waals surface area contributed by atoms with Crippen LogP contribution in [0.15, 0.2) is 30.3 Å². The highest BCUT2D eigenvalue weighted by Crippen LogP contribution is 2.27. The average Bonchev–Trinajstić information content (AvgIpc) is 2.42. The summed E-state index contributed by atoms with van der Waals surface area (Å²) in [6.45, 7) is 3.98. The van der Waals surface area contributed by atoms with E-state index in [1.807, 2.05) is 44.2 Å². The zero-order valence-electron chi connectivity index (χ0n) is 11.7. The fourth-order valence-electron chi connectivity index (χ4n) is 2.58. The number of hydrogen-bond acceptors (Lipinski definition) is 1. The summed E-state index contributed by atoms with van der Waals surface area (Å²) in [4.78, 5) is 13.0. The molecule has 2 atom stereocenters. The maximum atomic E-state index is 12.5. The number of carbonyl (C=O) groups is 1. The van der Waals surface area contributed by atoms with E-state index in [2.05, 4.69) is 21.2 Å². The normalized spacial score (nSPS) is 23.9. The predicted octanol–water partition coefficient (Wildman–Crippen LogP) is 3.79. The van der Waals surface area contributed by atoms with Gasteiger partial charge in [0.05, 0.1) is 5.41 Å². The van der Waals surface area contributed by atoms with Gasteiger partial charge in [-0.25, -0.2) is 0 Å². The van der Waals surface area contributed by atoms with Crippen molar-refractivity contribution in [3.8, 4) is 0 Å². The fourth-order valence-corrected chi connectivity index (χ4v) is 3.30. The van der Waals surface area contributed by atoms with Gasteiger partial charge >= 0.3 is 0 Å². The van der Waals surface area contributed by atoms with Crippen LogP contribution in [0.3, 0.4) is 0 Å². The zero-order valence-corrected chi connectivity index (χ0v) is 13.2. The highest BCUT2D eigenvalue weighted by atomic mass is 79.9. The Morgan fingerprint density at radius 1 is 1.21 bits per heavy atom. The van der Waals surface area contributed by atoms with Crippen molar-refractivity contribution in [2.24, 2.45) is 0 Å². The number of carbonyl (C=O) groups excluding carboxylic acids is 1. The molecule has 1 aliphatic carbocycles. The number of alkyl halides is 1. The standard InChI is InChI=1S/C16H22BrNO/c1-16(2,12-8-4-3-5-9-12)15(19)18-14-11-7-6-10-13(14)17/h3-5,8-9,13-14H,6-7,10-11H2,1-2H3,(H,18,19). The number of benzene rings is 1. The van der Waals surface area contributed by atoms with Crippen LogP contribution in [0.25, 0.3) is 0 Å². The maximum absolute atomic E-state index is 12.5. The Morgan fingerprint density at radius 2 is 1.84 bits per heavy atom. The Hall–Kier alpha value is -0.830. The molecule has 0 saturated heterocycles. The summed E-state index contributed by atoms with van der Waals surface area (Å²) in [6, 6.07) is 10.3. The first-order valence-corrected chi connectivity index (χ1v) is 7.94. The van der Waals surface area contributed by atoms with E-state index in [0.29, 0.717) is 4.83 Å². The quantitative estimate of drug-likeness (QED) is 0.842. The lowest BCUT2D eigenvalue weighted by molar-refractivity contribution is -0.126. The molecular formula is C16H22BrNO. The Labute approximate surface area is 124 Å². The van der Waals surface area contributed by atoms with E-state index in [9.17, 15) is 4.79 Å². The van der Waals surface area contributed by atoms with E-state index in [0.717, 1.165) is 18.4 Å². The van der Waals surface area contributed by atoms with Crippen LogP contribution in [-0.2, 0) is 10.2 Å². The van der Waals surface area contributed by atoms with Crippen LogP contribution in [0.1, 0.15) is 45.1 Å². The van der Waals surface area contributed by atoms with Gasteiger partial charge in [0.2, 0.25) is 5.91 Å². The molecule has 2 nitrogen and oxygen atoms in total. The third kappa shape index (κ3) is 3.38. The molecule has 2 rings (SSSR count). The highest BCUT2D eigenvalue weighted by molar-refractivity contribution is 9.09. The molecule has 0 radical (unpaired) electrons. The van der Waals surface area contributed by atoms with Crippen molar-refractivity contribution in [1.29, 1.82) is 0 Å². The topological polar surface area (TPSA) is 29.1 Å². The molecule has 0 aromatic heterocycles. The summed E-state index contributed by atoms with van der Waals surface area (Å²) >= 11 is 3.69. The lowest BCUT2D eigenvalue weighted by Gasteiger charge is -2.32. The molecule has 1 N–H and O–H groups in total. The van der Waals surface area contributed by atoms with Gasteiger partial charge in [-0.1, -0.05) is 59.1 Å². The zero-order chi connectivity index (χ0) is 13.9. The molecule has 1 amide bonds. The van der Waals surface area contributed by atoms with Crippen molar-refractivity contribution >= 4 is 21.8 Å². The van der Waals surface area contributed by atoms with Gasteiger partial charge in [0.1, 0.15) is 0 Å². The number of nitrogens with one attached hydrogen (secondary N) is 1. The van der Waals surface area contributed by atoms with Gasteiger partial charge in [0, 0.05) is 10.9 Å². The number of rotatable bonds is 3. The van der Waals surface area contributed by atoms with Gasteiger partial charge in [-0.05, 0) is 32.3 Å². The van der Waals surface area contributed by atoms with E-state index < -0.39 is 5.41 Å². The van der Waals surface area contributed by atoms with E-state index in [4.69, 9.17) is 0 Å². The van der Waals surface area contributed by atoms with Gasteiger partial charge in [0.15, 0.2) is 0 Å². The Morgan fingerprint density at radius 3 is 2.47 bits per heavy atom. The van der Waals surface area contributed by atoms with Crippen LogP contribution in [0, 0.1) is 0 Å². The Kier molecular flexibility index (Phi) is 4.67. The molecule has 1 fully saturated rings. The second-order valence-electron chi connectivity index (χ2n) is 5.87. The van der Waals surface area contributed by atoms with Crippen molar-refractivity contribution in [2.45, 2.75) is 55.8 Å². The minimum atomic E-state index is -0.481.